The van der Waals surface area contributed by atoms with Crippen LogP contribution in [-0.2, 0) is 9.09 Å². The van der Waals surface area contributed by atoms with Gasteiger partial charge in [0.1, 0.15) is 0 Å². The van der Waals surface area contributed by atoms with Crippen LogP contribution in [0.5, 0.6) is 0 Å². The van der Waals surface area contributed by atoms with Crippen molar-refractivity contribution < 1.29 is 9.09 Å². The summed E-state index contributed by atoms with van der Waals surface area (Å²) in [5.74, 6) is 0. The smallest absolute Gasteiger partial charge is 0.366 e. The van der Waals surface area contributed by atoms with Crippen molar-refractivity contribution in [2.75, 3.05) is 42.6 Å². The first-order chi connectivity index (χ1) is 12.6. The number of thiocarbonyl (C=S) groups is 1. The van der Waals surface area contributed by atoms with E-state index in [0.717, 1.165) is 11.4 Å². The molecule has 26 heavy (non-hydrogen) atoms. The Labute approximate surface area is 159 Å². The van der Waals surface area contributed by atoms with Gasteiger partial charge in [-0.05, 0) is 36.5 Å². The number of nitrogens with one attached hydrogen (secondary N) is 2. The Kier molecular flexibility index (Phi) is 6.14. The van der Waals surface area contributed by atoms with Crippen LogP contribution in [-0.4, -0.2) is 38.4 Å². The van der Waals surface area contributed by atoms with Gasteiger partial charge in [-0.2, -0.15) is 0 Å². The summed E-state index contributed by atoms with van der Waals surface area (Å²) in [6, 6.07) is 19.5. The largest absolute Gasteiger partial charge is 0.397 e. The minimum atomic E-state index is -3.24. The van der Waals surface area contributed by atoms with Crippen LogP contribution in [0.3, 0.4) is 0 Å². The summed E-state index contributed by atoms with van der Waals surface area (Å²) in [6.07, 6.45) is 0. The number of anilines is 2. The fraction of sp³-hybridized carbons (Fsp3) is 0.278. The standard InChI is InChI=1S/C18H23N4O2PS/c1-19-18(26)20-12-15-24-25(23)21(16-8-4-2-5-9-16)13-14-22(25)17-10-6-3-7-11-17/h2-11H,12-15H2,1H3,(H2,19,20,26). The molecule has 0 atom stereocenters. The highest BCUT2D eigenvalue weighted by Gasteiger charge is 2.44. The molecular weight excluding hydrogens is 367 g/mol. The number of para-hydroxylation sites is 2. The Morgan fingerprint density at radius 2 is 1.54 bits per heavy atom. The van der Waals surface area contributed by atoms with Crippen molar-refractivity contribution >= 4 is 36.4 Å². The Balaban J connectivity index is 1.82. The van der Waals surface area contributed by atoms with Crippen LogP contribution in [0.15, 0.2) is 60.7 Å². The van der Waals surface area contributed by atoms with E-state index in [1.807, 2.05) is 70.0 Å². The van der Waals surface area contributed by atoms with E-state index in [4.69, 9.17) is 16.7 Å². The molecule has 0 saturated carbocycles. The van der Waals surface area contributed by atoms with E-state index in [0.29, 0.717) is 24.7 Å². The molecule has 2 aromatic carbocycles. The molecule has 6 nitrogen and oxygen atoms in total. The third-order valence-corrected chi connectivity index (χ3v) is 7.07. The first-order valence-electron chi connectivity index (χ1n) is 8.51. The molecule has 0 aliphatic carbocycles. The van der Waals surface area contributed by atoms with E-state index >= 15 is 0 Å². The highest BCUT2D eigenvalue weighted by molar-refractivity contribution is 7.80. The summed E-state index contributed by atoms with van der Waals surface area (Å²) in [5, 5.41) is 6.41. The van der Waals surface area contributed by atoms with Gasteiger partial charge in [0.15, 0.2) is 5.11 Å². The van der Waals surface area contributed by atoms with Gasteiger partial charge in [-0.15, -0.1) is 0 Å². The molecule has 1 fully saturated rings. The molecule has 0 unspecified atom stereocenters. The zero-order chi connectivity index (χ0) is 18.4. The van der Waals surface area contributed by atoms with Crippen LogP contribution in [0, 0.1) is 0 Å². The van der Waals surface area contributed by atoms with Gasteiger partial charge in [0, 0.05) is 38.1 Å². The minimum absolute atomic E-state index is 0.283. The van der Waals surface area contributed by atoms with E-state index in [2.05, 4.69) is 10.6 Å². The lowest BCUT2D eigenvalue weighted by molar-refractivity contribution is 0.317. The number of hydrogen-bond acceptors (Lipinski definition) is 3. The Bertz CT molecular complexity index is 724. The van der Waals surface area contributed by atoms with E-state index in [-0.39, 0.29) is 6.61 Å². The molecule has 138 valence electrons. The van der Waals surface area contributed by atoms with E-state index in [9.17, 15) is 4.57 Å². The molecule has 8 heteroatoms. The lowest BCUT2D eigenvalue weighted by Gasteiger charge is -2.31. The van der Waals surface area contributed by atoms with E-state index in [1.54, 1.807) is 7.05 Å². The zero-order valence-electron chi connectivity index (χ0n) is 14.7. The summed E-state index contributed by atoms with van der Waals surface area (Å²) in [7, 11) is -1.49. The van der Waals surface area contributed by atoms with Crippen molar-refractivity contribution in [2.45, 2.75) is 0 Å². The van der Waals surface area contributed by atoms with Crippen molar-refractivity contribution in [1.82, 2.24) is 10.6 Å². The Morgan fingerprint density at radius 1 is 1.04 bits per heavy atom. The topological polar surface area (TPSA) is 56.8 Å². The summed E-state index contributed by atoms with van der Waals surface area (Å²) in [5.41, 5.74) is 1.79. The molecule has 1 aliphatic rings. The van der Waals surface area contributed by atoms with Crippen molar-refractivity contribution in [3.8, 4) is 0 Å². The second-order valence-corrected chi connectivity index (χ2v) is 8.36. The van der Waals surface area contributed by atoms with Crippen molar-refractivity contribution in [1.29, 1.82) is 0 Å². The third-order valence-electron chi connectivity index (χ3n) is 4.12. The highest BCUT2D eigenvalue weighted by Crippen LogP contribution is 2.60. The second kappa shape index (κ2) is 8.54. The van der Waals surface area contributed by atoms with Gasteiger partial charge >= 0.3 is 7.67 Å². The maximum Gasteiger partial charge on any atom is 0.397 e. The van der Waals surface area contributed by atoms with Crippen molar-refractivity contribution in [3.05, 3.63) is 60.7 Å². The first kappa shape index (κ1) is 18.7. The minimum Gasteiger partial charge on any atom is -0.366 e. The quantitative estimate of drug-likeness (QED) is 0.446. The summed E-state index contributed by atoms with van der Waals surface area (Å²) >= 11 is 5.06. The van der Waals surface area contributed by atoms with Gasteiger partial charge in [0.2, 0.25) is 0 Å². The van der Waals surface area contributed by atoms with Gasteiger partial charge in [-0.1, -0.05) is 36.4 Å². The predicted molar refractivity (Wildman–Crippen MR) is 111 cm³/mol. The van der Waals surface area contributed by atoms with E-state index in [1.165, 1.54) is 0 Å². The summed E-state index contributed by atoms with van der Waals surface area (Å²) in [6.45, 7) is 2.04. The number of benzene rings is 2. The van der Waals surface area contributed by atoms with Gasteiger partial charge < -0.3 is 10.6 Å². The van der Waals surface area contributed by atoms with Crippen LogP contribution in [0.1, 0.15) is 0 Å². The number of hydrogen-bond donors (Lipinski definition) is 2. The summed E-state index contributed by atoms with van der Waals surface area (Å²) < 4.78 is 23.7. The maximum atomic E-state index is 13.9. The number of rotatable bonds is 6. The normalized spacial score (nSPS) is 15.7. The van der Waals surface area contributed by atoms with Crippen molar-refractivity contribution in [3.63, 3.8) is 0 Å². The molecule has 3 rings (SSSR count). The lowest BCUT2D eigenvalue weighted by atomic mass is 10.3. The SMILES string of the molecule is CNC(=S)NCCOP1(=O)N(c2ccccc2)CCN1c1ccccc1. The van der Waals surface area contributed by atoms with Crippen LogP contribution >= 0.6 is 19.9 Å². The van der Waals surface area contributed by atoms with Crippen LogP contribution in [0.2, 0.25) is 0 Å². The van der Waals surface area contributed by atoms with Crippen LogP contribution in [0.25, 0.3) is 0 Å². The predicted octanol–water partition coefficient (Wildman–Crippen LogP) is 3.23. The average molecular weight is 390 g/mol. The molecule has 1 heterocycles. The molecule has 0 bridgehead atoms. The monoisotopic (exact) mass is 390 g/mol. The van der Waals surface area contributed by atoms with Gasteiger partial charge in [0.25, 0.3) is 0 Å². The molecule has 1 aliphatic heterocycles. The fourth-order valence-electron chi connectivity index (χ4n) is 2.88. The molecular formula is C18H23N4O2PS. The second-order valence-electron chi connectivity index (χ2n) is 5.75. The fourth-order valence-corrected chi connectivity index (χ4v) is 5.38. The molecule has 0 aromatic heterocycles. The third kappa shape index (κ3) is 4.01. The molecule has 0 amide bonds. The van der Waals surface area contributed by atoms with Gasteiger partial charge in [-0.3, -0.25) is 13.9 Å². The van der Waals surface area contributed by atoms with E-state index < -0.39 is 7.67 Å². The Hall–Kier alpha value is -2.08. The molecule has 0 spiro atoms. The molecule has 1 saturated heterocycles. The lowest BCUT2D eigenvalue weighted by Crippen LogP contribution is -2.35. The number of nitrogens with zero attached hydrogens (tertiary/aromatic N) is 2. The zero-order valence-corrected chi connectivity index (χ0v) is 16.4. The van der Waals surface area contributed by atoms with Gasteiger partial charge in [-0.25, -0.2) is 4.57 Å². The molecule has 0 radical (unpaired) electrons. The van der Waals surface area contributed by atoms with Crippen LogP contribution in [0.4, 0.5) is 11.4 Å². The summed E-state index contributed by atoms with van der Waals surface area (Å²) in [4.78, 5) is 0. The first-order valence-corrected chi connectivity index (χ1v) is 10.5. The van der Waals surface area contributed by atoms with Gasteiger partial charge in [0.05, 0.1) is 6.61 Å². The molecule has 2 aromatic rings. The van der Waals surface area contributed by atoms with Crippen molar-refractivity contribution in [2.24, 2.45) is 0 Å². The molecule has 2 N–H and O–H groups in total. The average Bonchev–Trinajstić information content (AvgIpc) is 3.03. The Morgan fingerprint density at radius 3 is 2.00 bits per heavy atom. The maximum absolute atomic E-state index is 13.9. The highest BCUT2D eigenvalue weighted by atomic mass is 32.1. The van der Waals surface area contributed by atoms with Crippen LogP contribution < -0.4 is 20.0 Å².